The predicted octanol–water partition coefficient (Wildman–Crippen LogP) is 1.60. The maximum atomic E-state index is 12.5. The molecule has 6 nitrogen and oxygen atoms in total. The predicted molar refractivity (Wildman–Crippen MR) is 81.5 cm³/mol. The van der Waals surface area contributed by atoms with E-state index in [4.69, 9.17) is 9.47 Å². The molecule has 1 amide bonds. The number of fused-ring (bicyclic) bond motifs is 3. The monoisotopic (exact) mass is 302 g/mol. The Morgan fingerprint density at radius 1 is 1.23 bits per heavy atom. The summed E-state index contributed by atoms with van der Waals surface area (Å²) in [5.41, 5.74) is 2.71. The minimum atomic E-state index is -0.410. The normalized spacial score (nSPS) is 14.2. The Morgan fingerprint density at radius 2 is 1.95 bits per heavy atom. The third kappa shape index (κ3) is 1.80. The van der Waals surface area contributed by atoms with Crippen LogP contribution in [0.15, 0.2) is 12.1 Å². The minimum absolute atomic E-state index is 0.0437. The van der Waals surface area contributed by atoms with E-state index in [-0.39, 0.29) is 5.91 Å². The molecule has 1 aromatic carbocycles. The average molecular weight is 302 g/mol. The van der Waals surface area contributed by atoms with E-state index in [0.717, 1.165) is 16.5 Å². The SMILES string of the molecule is COC(=O)c1ccc(OC)c2c1c1c(n2C)C(=O)N(C)CC1. The highest BCUT2D eigenvalue weighted by Crippen LogP contribution is 2.37. The molecule has 2 aromatic rings. The molecule has 3 rings (SSSR count). The molecule has 0 saturated heterocycles. The number of carbonyl (C=O) groups excluding carboxylic acids is 2. The Morgan fingerprint density at radius 3 is 2.59 bits per heavy atom. The van der Waals surface area contributed by atoms with E-state index < -0.39 is 5.97 Å². The molecule has 0 fully saturated rings. The van der Waals surface area contributed by atoms with Crippen molar-refractivity contribution < 1.29 is 19.1 Å². The van der Waals surface area contributed by atoms with Crippen LogP contribution in [0, 0.1) is 0 Å². The molecule has 0 N–H and O–H groups in total. The lowest BCUT2D eigenvalue weighted by Gasteiger charge is -2.23. The van der Waals surface area contributed by atoms with Crippen molar-refractivity contribution in [1.82, 2.24) is 9.47 Å². The summed E-state index contributed by atoms with van der Waals surface area (Å²) in [7, 11) is 6.53. The molecule has 116 valence electrons. The number of hydrogen-bond acceptors (Lipinski definition) is 4. The van der Waals surface area contributed by atoms with E-state index in [1.165, 1.54) is 7.11 Å². The average Bonchev–Trinajstić information content (AvgIpc) is 2.83. The fourth-order valence-corrected chi connectivity index (χ4v) is 3.17. The number of benzene rings is 1. The summed E-state index contributed by atoms with van der Waals surface area (Å²) in [6.07, 6.45) is 0.700. The first kappa shape index (κ1) is 14.4. The number of amides is 1. The Bertz CT molecular complexity index is 791. The van der Waals surface area contributed by atoms with Crippen molar-refractivity contribution >= 4 is 22.8 Å². The van der Waals surface area contributed by atoms with Crippen LogP contribution in [0.25, 0.3) is 10.9 Å². The topological polar surface area (TPSA) is 60.8 Å². The van der Waals surface area contributed by atoms with Crippen LogP contribution in [-0.2, 0) is 18.2 Å². The van der Waals surface area contributed by atoms with Crippen molar-refractivity contribution in [3.8, 4) is 5.75 Å². The molecule has 0 unspecified atom stereocenters. The van der Waals surface area contributed by atoms with E-state index in [0.29, 0.717) is 30.0 Å². The molecule has 0 spiro atoms. The molecule has 2 heterocycles. The Hall–Kier alpha value is -2.50. The number of hydrogen-bond donors (Lipinski definition) is 0. The standard InChI is InChI=1S/C16H18N2O4/c1-17-8-7-9-12-10(16(20)22-4)5-6-11(21-3)14(12)18(2)13(9)15(17)19/h5-6H,7-8H2,1-4H3. The van der Waals surface area contributed by atoms with E-state index in [1.807, 2.05) is 11.6 Å². The summed E-state index contributed by atoms with van der Waals surface area (Å²) in [4.78, 5) is 26.3. The summed E-state index contributed by atoms with van der Waals surface area (Å²) in [6, 6.07) is 3.42. The van der Waals surface area contributed by atoms with Gasteiger partial charge in [-0.25, -0.2) is 4.79 Å². The summed E-state index contributed by atoms with van der Waals surface area (Å²) >= 11 is 0. The van der Waals surface area contributed by atoms with Gasteiger partial charge in [-0.05, 0) is 24.1 Å². The van der Waals surface area contributed by atoms with Crippen LogP contribution >= 0.6 is 0 Å². The van der Waals surface area contributed by atoms with Gasteiger partial charge < -0.3 is 18.9 Å². The largest absolute Gasteiger partial charge is 0.495 e. The van der Waals surface area contributed by atoms with Crippen molar-refractivity contribution in [3.05, 3.63) is 29.0 Å². The molecule has 0 radical (unpaired) electrons. The van der Waals surface area contributed by atoms with Crippen LogP contribution in [0.5, 0.6) is 5.75 Å². The molecule has 1 aliphatic heterocycles. The van der Waals surface area contributed by atoms with Crippen LogP contribution in [0.2, 0.25) is 0 Å². The van der Waals surface area contributed by atoms with Gasteiger partial charge in [-0.2, -0.15) is 0 Å². The maximum absolute atomic E-state index is 12.5. The number of nitrogens with zero attached hydrogens (tertiary/aromatic N) is 2. The van der Waals surface area contributed by atoms with Gasteiger partial charge in [0.15, 0.2) is 0 Å². The van der Waals surface area contributed by atoms with Crippen LogP contribution in [0.1, 0.15) is 26.4 Å². The fraction of sp³-hybridized carbons (Fsp3) is 0.375. The number of ether oxygens (including phenoxy) is 2. The molecule has 6 heteroatoms. The number of methoxy groups -OCH3 is 2. The van der Waals surface area contributed by atoms with Gasteiger partial charge in [0.2, 0.25) is 0 Å². The van der Waals surface area contributed by atoms with Crippen molar-refractivity contribution in [2.45, 2.75) is 6.42 Å². The number of rotatable bonds is 2. The van der Waals surface area contributed by atoms with Gasteiger partial charge in [-0.3, -0.25) is 4.79 Å². The Balaban J connectivity index is 2.44. The number of aryl methyl sites for hydroxylation is 1. The van der Waals surface area contributed by atoms with Gasteiger partial charge >= 0.3 is 5.97 Å². The molecule has 0 atom stereocenters. The second-order valence-electron chi connectivity index (χ2n) is 5.39. The summed E-state index contributed by atoms with van der Waals surface area (Å²) in [5, 5.41) is 0.755. The Labute approximate surface area is 128 Å². The third-order valence-electron chi connectivity index (χ3n) is 4.27. The van der Waals surface area contributed by atoms with E-state index in [9.17, 15) is 9.59 Å². The summed E-state index contributed by atoms with van der Waals surface area (Å²) < 4.78 is 12.1. The third-order valence-corrected chi connectivity index (χ3v) is 4.27. The molecule has 0 bridgehead atoms. The van der Waals surface area contributed by atoms with Crippen molar-refractivity contribution in [2.75, 3.05) is 27.8 Å². The van der Waals surface area contributed by atoms with Crippen molar-refractivity contribution in [3.63, 3.8) is 0 Å². The van der Waals surface area contributed by atoms with Gasteiger partial charge in [0.1, 0.15) is 11.4 Å². The summed E-state index contributed by atoms with van der Waals surface area (Å²) in [6.45, 7) is 0.628. The van der Waals surface area contributed by atoms with Crippen molar-refractivity contribution in [2.24, 2.45) is 7.05 Å². The second kappa shape index (κ2) is 5.05. The highest BCUT2D eigenvalue weighted by atomic mass is 16.5. The van der Waals surface area contributed by atoms with E-state index in [1.54, 1.807) is 31.2 Å². The lowest BCUT2D eigenvalue weighted by Crippen LogP contribution is -2.35. The molecule has 0 saturated carbocycles. The van der Waals surface area contributed by atoms with E-state index >= 15 is 0 Å². The van der Waals surface area contributed by atoms with Crippen LogP contribution in [0.3, 0.4) is 0 Å². The lowest BCUT2D eigenvalue weighted by atomic mass is 9.99. The summed E-state index contributed by atoms with van der Waals surface area (Å²) in [5.74, 6) is 0.181. The molecular formula is C16H18N2O4. The maximum Gasteiger partial charge on any atom is 0.338 e. The number of likely N-dealkylation sites (N-methyl/N-ethyl adjacent to an activating group) is 1. The van der Waals surface area contributed by atoms with Gasteiger partial charge in [0, 0.05) is 26.0 Å². The molecule has 22 heavy (non-hydrogen) atoms. The zero-order chi connectivity index (χ0) is 16.0. The quantitative estimate of drug-likeness (QED) is 0.791. The Kier molecular flexibility index (Phi) is 3.31. The number of carbonyl (C=O) groups is 2. The highest BCUT2D eigenvalue weighted by Gasteiger charge is 2.31. The molecular weight excluding hydrogens is 284 g/mol. The molecule has 1 aliphatic rings. The number of esters is 1. The van der Waals surface area contributed by atoms with Gasteiger partial charge in [0.05, 0.1) is 25.3 Å². The van der Waals surface area contributed by atoms with Gasteiger partial charge in [0.25, 0.3) is 5.91 Å². The van der Waals surface area contributed by atoms with E-state index in [2.05, 4.69) is 0 Å². The van der Waals surface area contributed by atoms with Crippen LogP contribution < -0.4 is 4.74 Å². The van der Waals surface area contributed by atoms with Gasteiger partial charge in [-0.1, -0.05) is 0 Å². The second-order valence-corrected chi connectivity index (χ2v) is 5.39. The number of aromatic nitrogens is 1. The first-order valence-corrected chi connectivity index (χ1v) is 7.03. The minimum Gasteiger partial charge on any atom is -0.495 e. The zero-order valence-electron chi connectivity index (χ0n) is 13.1. The molecule has 1 aromatic heterocycles. The molecule has 0 aliphatic carbocycles. The highest BCUT2D eigenvalue weighted by molar-refractivity contribution is 6.12. The first-order valence-electron chi connectivity index (χ1n) is 7.03. The van der Waals surface area contributed by atoms with Gasteiger partial charge in [-0.15, -0.1) is 0 Å². The fourth-order valence-electron chi connectivity index (χ4n) is 3.17. The first-order chi connectivity index (χ1) is 10.5. The smallest absolute Gasteiger partial charge is 0.338 e. The van der Waals surface area contributed by atoms with Crippen LogP contribution in [0.4, 0.5) is 0 Å². The zero-order valence-corrected chi connectivity index (χ0v) is 13.1. The van der Waals surface area contributed by atoms with Crippen molar-refractivity contribution in [1.29, 1.82) is 0 Å². The lowest BCUT2D eigenvalue weighted by molar-refractivity contribution is 0.0602. The van der Waals surface area contributed by atoms with Crippen LogP contribution in [-0.4, -0.2) is 49.2 Å².